The molecule has 0 aliphatic carbocycles. The minimum absolute atomic E-state index is 0.375. The van der Waals surface area contributed by atoms with E-state index >= 15 is 0 Å². The second kappa shape index (κ2) is 9.70. The van der Waals surface area contributed by atoms with Crippen LogP contribution < -0.4 is 14.5 Å². The number of ether oxygens (including phenoxy) is 2. The highest BCUT2D eigenvalue weighted by Crippen LogP contribution is 2.25. The van der Waals surface area contributed by atoms with Gasteiger partial charge in [-0.1, -0.05) is 32.0 Å². The van der Waals surface area contributed by atoms with Crippen molar-refractivity contribution in [3.63, 3.8) is 0 Å². The number of nitrogens with one attached hydrogen (secondary N) is 2. The van der Waals surface area contributed by atoms with E-state index in [2.05, 4.69) is 19.9 Å². The van der Waals surface area contributed by atoms with E-state index in [1.807, 2.05) is 18.2 Å². The number of aliphatic hydroxyl groups is 1. The fraction of sp³-hybridized carbons (Fsp3) is 0.714. The average molecular weight is 365 g/mol. The number of hydrogen-bond donors (Lipinski definition) is 3. The molecule has 1 aromatic rings. The van der Waals surface area contributed by atoms with E-state index in [0.29, 0.717) is 18.6 Å². The van der Waals surface area contributed by atoms with Crippen molar-refractivity contribution < 1.29 is 24.4 Å². The fourth-order valence-electron chi connectivity index (χ4n) is 4.16. The maximum absolute atomic E-state index is 10.4. The molecule has 0 bridgehead atoms. The lowest BCUT2D eigenvalue weighted by Gasteiger charge is -2.31. The Morgan fingerprint density at radius 2 is 1.88 bits per heavy atom. The lowest BCUT2D eigenvalue weighted by atomic mass is 10.0. The van der Waals surface area contributed by atoms with Gasteiger partial charge in [-0.2, -0.15) is 0 Å². The van der Waals surface area contributed by atoms with Crippen LogP contribution in [0.2, 0.25) is 0 Å². The molecule has 0 spiro atoms. The van der Waals surface area contributed by atoms with Gasteiger partial charge in [0, 0.05) is 6.61 Å². The third kappa shape index (κ3) is 5.68. The molecule has 2 aliphatic heterocycles. The van der Waals surface area contributed by atoms with Crippen LogP contribution >= 0.6 is 0 Å². The maximum Gasteiger partial charge on any atom is 0.137 e. The molecule has 5 heteroatoms. The van der Waals surface area contributed by atoms with Gasteiger partial charge < -0.3 is 24.4 Å². The van der Waals surface area contributed by atoms with Crippen molar-refractivity contribution in [2.45, 2.75) is 44.8 Å². The molecule has 3 rings (SSSR count). The van der Waals surface area contributed by atoms with Crippen molar-refractivity contribution in [2.24, 2.45) is 0 Å². The SMILES string of the molecule is CC(C)c1ccccc1OC[C@@H](O)C[NH+]1CC[NH+](C[C@H]2CCCO2)CC1. The zero-order chi connectivity index (χ0) is 18.4. The first-order chi connectivity index (χ1) is 12.6. The largest absolute Gasteiger partial charge is 0.490 e. The lowest BCUT2D eigenvalue weighted by molar-refractivity contribution is -1.01. The summed E-state index contributed by atoms with van der Waals surface area (Å²) in [5.74, 6) is 1.33. The van der Waals surface area contributed by atoms with Crippen LogP contribution in [0.5, 0.6) is 5.75 Å². The number of rotatable bonds is 8. The highest BCUT2D eigenvalue weighted by Gasteiger charge is 2.28. The van der Waals surface area contributed by atoms with Gasteiger partial charge in [-0.05, 0) is 30.4 Å². The van der Waals surface area contributed by atoms with Crippen LogP contribution in [-0.2, 0) is 4.74 Å². The first-order valence-corrected chi connectivity index (χ1v) is 10.3. The van der Waals surface area contributed by atoms with E-state index in [0.717, 1.165) is 38.5 Å². The summed E-state index contributed by atoms with van der Waals surface area (Å²) in [4.78, 5) is 3.16. The monoisotopic (exact) mass is 364 g/mol. The minimum atomic E-state index is -0.412. The minimum Gasteiger partial charge on any atom is -0.490 e. The summed E-state index contributed by atoms with van der Waals surface area (Å²) in [6, 6.07) is 8.14. The van der Waals surface area contributed by atoms with Gasteiger partial charge in [-0.3, -0.25) is 0 Å². The van der Waals surface area contributed by atoms with E-state index in [4.69, 9.17) is 9.47 Å². The maximum atomic E-state index is 10.4. The second-order valence-corrected chi connectivity index (χ2v) is 8.20. The molecule has 0 aromatic heterocycles. The van der Waals surface area contributed by atoms with Crippen LogP contribution in [-0.4, -0.2) is 69.8 Å². The number of aliphatic hydroxyl groups excluding tert-OH is 1. The van der Waals surface area contributed by atoms with E-state index in [9.17, 15) is 5.11 Å². The molecule has 146 valence electrons. The van der Waals surface area contributed by atoms with Crippen LogP contribution in [0.25, 0.3) is 0 Å². The number of benzene rings is 1. The molecule has 0 amide bonds. The zero-order valence-corrected chi connectivity index (χ0v) is 16.4. The van der Waals surface area contributed by atoms with Gasteiger partial charge in [-0.15, -0.1) is 0 Å². The first-order valence-electron chi connectivity index (χ1n) is 10.3. The molecule has 26 heavy (non-hydrogen) atoms. The van der Waals surface area contributed by atoms with Gasteiger partial charge >= 0.3 is 0 Å². The number of piperazine rings is 1. The van der Waals surface area contributed by atoms with Crippen molar-refractivity contribution in [3.8, 4) is 5.75 Å². The summed E-state index contributed by atoms with van der Waals surface area (Å²) >= 11 is 0. The van der Waals surface area contributed by atoms with E-state index in [-0.39, 0.29) is 0 Å². The van der Waals surface area contributed by atoms with Crippen molar-refractivity contribution in [1.29, 1.82) is 0 Å². The number of quaternary nitrogens is 2. The summed E-state index contributed by atoms with van der Waals surface area (Å²) in [6.45, 7) is 12.2. The zero-order valence-electron chi connectivity index (χ0n) is 16.4. The van der Waals surface area contributed by atoms with Crippen LogP contribution in [0, 0.1) is 0 Å². The first kappa shape index (κ1) is 19.6. The van der Waals surface area contributed by atoms with Crippen molar-refractivity contribution in [1.82, 2.24) is 0 Å². The van der Waals surface area contributed by atoms with E-state index in [1.165, 1.54) is 36.4 Å². The summed E-state index contributed by atoms with van der Waals surface area (Å²) in [5.41, 5.74) is 1.21. The Morgan fingerprint density at radius 3 is 2.58 bits per heavy atom. The topological polar surface area (TPSA) is 47.6 Å². The molecule has 3 N–H and O–H groups in total. The van der Waals surface area contributed by atoms with Crippen LogP contribution in [0.4, 0.5) is 0 Å². The predicted octanol–water partition coefficient (Wildman–Crippen LogP) is -0.488. The van der Waals surface area contributed by atoms with Gasteiger partial charge in [-0.25, -0.2) is 0 Å². The van der Waals surface area contributed by atoms with E-state index < -0.39 is 6.10 Å². The quantitative estimate of drug-likeness (QED) is 0.584. The summed E-state index contributed by atoms with van der Waals surface area (Å²) in [5, 5.41) is 10.4. The Balaban J connectivity index is 1.37. The summed E-state index contributed by atoms with van der Waals surface area (Å²) in [6.07, 6.45) is 2.52. The van der Waals surface area contributed by atoms with Gasteiger partial charge in [0.25, 0.3) is 0 Å². The van der Waals surface area contributed by atoms with Crippen molar-refractivity contribution in [2.75, 3.05) is 52.5 Å². The predicted molar refractivity (Wildman–Crippen MR) is 102 cm³/mol. The molecule has 2 heterocycles. The second-order valence-electron chi connectivity index (χ2n) is 8.20. The molecule has 2 atom stereocenters. The average Bonchev–Trinajstić information content (AvgIpc) is 3.15. The highest BCUT2D eigenvalue weighted by molar-refractivity contribution is 5.35. The normalized spacial score (nSPS) is 27.6. The Labute approximate surface area is 157 Å². The Morgan fingerprint density at radius 1 is 1.15 bits per heavy atom. The highest BCUT2D eigenvalue weighted by atomic mass is 16.5. The van der Waals surface area contributed by atoms with Gasteiger partial charge in [0.05, 0.1) is 0 Å². The third-order valence-electron chi connectivity index (χ3n) is 5.70. The molecular formula is C21H36N2O3+2. The lowest BCUT2D eigenvalue weighted by Crippen LogP contribution is -3.28. The van der Waals surface area contributed by atoms with Gasteiger partial charge in [0.1, 0.15) is 63.8 Å². The molecule has 5 nitrogen and oxygen atoms in total. The molecule has 2 saturated heterocycles. The molecule has 0 radical (unpaired) electrons. The van der Waals surface area contributed by atoms with Crippen molar-refractivity contribution in [3.05, 3.63) is 29.8 Å². The third-order valence-corrected chi connectivity index (χ3v) is 5.70. The van der Waals surface area contributed by atoms with Gasteiger partial charge in [0.15, 0.2) is 0 Å². The molecule has 2 aliphatic rings. The van der Waals surface area contributed by atoms with Crippen LogP contribution in [0.15, 0.2) is 24.3 Å². The Hall–Kier alpha value is -1.14. The van der Waals surface area contributed by atoms with Crippen LogP contribution in [0.1, 0.15) is 38.2 Å². The fourth-order valence-corrected chi connectivity index (χ4v) is 4.16. The Kier molecular flexibility index (Phi) is 7.32. The summed E-state index contributed by atoms with van der Waals surface area (Å²) in [7, 11) is 0. The Bertz CT molecular complexity index is 538. The molecule has 1 aromatic carbocycles. The number of para-hydroxylation sites is 1. The molecule has 0 saturated carbocycles. The number of hydrogen-bond acceptors (Lipinski definition) is 3. The molecule has 2 fully saturated rings. The van der Waals surface area contributed by atoms with Gasteiger partial charge in [0.2, 0.25) is 0 Å². The summed E-state index contributed by atoms with van der Waals surface area (Å²) < 4.78 is 11.7. The molecular weight excluding hydrogens is 328 g/mol. The standard InChI is InChI=1S/C21H34N2O3/c1-17(2)20-7-3-4-8-21(20)26-16-18(24)14-22-9-11-23(12-10-22)15-19-6-5-13-25-19/h3-4,7-8,17-19,24H,5-6,9-16H2,1-2H3/p+2/t18-,19+/m0/s1. The molecule has 0 unspecified atom stereocenters. The van der Waals surface area contributed by atoms with Crippen LogP contribution in [0.3, 0.4) is 0 Å². The smallest absolute Gasteiger partial charge is 0.137 e. The van der Waals surface area contributed by atoms with E-state index in [1.54, 1.807) is 4.90 Å². The van der Waals surface area contributed by atoms with Crippen molar-refractivity contribution >= 4 is 0 Å².